The molecule has 0 bridgehead atoms. The van der Waals surface area contributed by atoms with E-state index < -0.39 is 5.41 Å². The Morgan fingerprint density at radius 3 is 2.30 bits per heavy atom. The fourth-order valence-corrected chi connectivity index (χ4v) is 2.21. The van der Waals surface area contributed by atoms with Crippen LogP contribution in [-0.4, -0.2) is 5.91 Å². The summed E-state index contributed by atoms with van der Waals surface area (Å²) >= 11 is 0. The van der Waals surface area contributed by atoms with E-state index in [4.69, 9.17) is 0 Å². The third kappa shape index (κ3) is 6.20. The molecule has 119 valence electrons. The average Bonchev–Trinajstić information content (AvgIpc) is 2.49. The van der Waals surface area contributed by atoms with Gasteiger partial charge in [0.05, 0.1) is 0 Å². The maximum absolute atomic E-state index is 12.5. The Bertz CT molecular complexity index is 630. The minimum atomic E-state index is -0.407. The van der Waals surface area contributed by atoms with Gasteiger partial charge < -0.3 is 5.32 Å². The smallest absolute Gasteiger partial charge is 0.219 e. The summed E-state index contributed by atoms with van der Waals surface area (Å²) in [5, 5.41) is 2.98. The van der Waals surface area contributed by atoms with Gasteiger partial charge in [0, 0.05) is 38.1 Å². The third-order valence-electron chi connectivity index (χ3n) is 4.00. The topological polar surface area (TPSA) is 29.1 Å². The zero-order chi connectivity index (χ0) is 16.2. The van der Waals surface area contributed by atoms with Crippen LogP contribution < -0.4 is 5.32 Å². The molecule has 1 amide bonds. The minimum Gasteiger partial charge on any atom is -0.379 e. The van der Waals surface area contributed by atoms with Crippen molar-refractivity contribution in [2.75, 3.05) is 5.32 Å². The zero-order valence-corrected chi connectivity index (χ0v) is 17.3. The van der Waals surface area contributed by atoms with E-state index in [1.807, 2.05) is 39.0 Å². The zero-order valence-electron chi connectivity index (χ0n) is 14.4. The van der Waals surface area contributed by atoms with E-state index in [2.05, 4.69) is 42.6 Å². The Balaban J connectivity index is 0.00000264. The predicted octanol–water partition coefficient (Wildman–Crippen LogP) is 4.70. The Hall–Kier alpha value is -0.986. The molecule has 0 saturated carbocycles. The molecule has 0 aliphatic heterocycles. The molecule has 3 heteroatoms. The predicted molar refractivity (Wildman–Crippen MR) is 91.9 cm³/mol. The van der Waals surface area contributed by atoms with Crippen molar-refractivity contribution in [1.82, 2.24) is 0 Å². The van der Waals surface area contributed by atoms with Crippen LogP contribution in [0.25, 0.3) is 0 Å². The standard InChI is InChI=1S/C20H24NO.Y/c1-15-5-9-17(10-6-15)13-14-20(3,4)19(22)21-18-11-7-16(2)8-12-18;/h5-7,9-12H,13-14H2,1-4H3,(H,21,22);/q-1;. The molecule has 1 radical (unpaired) electrons. The van der Waals surface area contributed by atoms with Crippen LogP contribution in [0.1, 0.15) is 37.0 Å². The second kappa shape index (κ2) is 8.75. The Morgan fingerprint density at radius 1 is 1.09 bits per heavy atom. The summed E-state index contributed by atoms with van der Waals surface area (Å²) in [5.41, 5.74) is 4.00. The van der Waals surface area contributed by atoms with Crippen molar-refractivity contribution in [2.24, 2.45) is 5.41 Å². The van der Waals surface area contributed by atoms with Crippen LogP contribution in [-0.2, 0) is 43.9 Å². The van der Waals surface area contributed by atoms with Gasteiger partial charge in [-0.1, -0.05) is 56.3 Å². The molecule has 0 aromatic heterocycles. The molecule has 0 heterocycles. The monoisotopic (exact) mass is 383 g/mol. The number of benzene rings is 2. The molecule has 2 aromatic rings. The SMILES string of the molecule is Cc1[c-]cc(NC(=O)C(C)(C)CCc2ccc(C)cc2)cc1.[Y]. The van der Waals surface area contributed by atoms with Crippen molar-refractivity contribution in [2.45, 2.75) is 40.5 Å². The summed E-state index contributed by atoms with van der Waals surface area (Å²) in [6.45, 7) is 8.06. The van der Waals surface area contributed by atoms with Crippen LogP contribution in [0.5, 0.6) is 0 Å². The van der Waals surface area contributed by atoms with Gasteiger partial charge in [-0.25, -0.2) is 0 Å². The van der Waals surface area contributed by atoms with Crippen molar-refractivity contribution >= 4 is 11.6 Å². The van der Waals surface area contributed by atoms with Gasteiger partial charge in [-0.15, -0.1) is 6.07 Å². The molecule has 0 spiro atoms. The van der Waals surface area contributed by atoms with Gasteiger partial charge in [-0.3, -0.25) is 4.79 Å². The molecule has 2 nitrogen and oxygen atoms in total. The van der Waals surface area contributed by atoms with E-state index in [9.17, 15) is 4.79 Å². The van der Waals surface area contributed by atoms with Gasteiger partial charge in [0.2, 0.25) is 5.91 Å². The number of hydrogen-bond acceptors (Lipinski definition) is 1. The second-order valence-corrected chi connectivity index (χ2v) is 6.58. The molecule has 0 fully saturated rings. The minimum absolute atomic E-state index is 0. The Morgan fingerprint density at radius 2 is 1.74 bits per heavy atom. The summed E-state index contributed by atoms with van der Waals surface area (Å²) in [7, 11) is 0. The molecule has 2 rings (SSSR count). The number of carbonyl (C=O) groups excluding carboxylic acids is 1. The van der Waals surface area contributed by atoms with E-state index in [1.165, 1.54) is 11.1 Å². The largest absolute Gasteiger partial charge is 0.379 e. The maximum Gasteiger partial charge on any atom is 0.219 e. The first kappa shape index (κ1) is 20.1. The van der Waals surface area contributed by atoms with Gasteiger partial charge in [0.1, 0.15) is 0 Å². The van der Waals surface area contributed by atoms with E-state index >= 15 is 0 Å². The summed E-state index contributed by atoms with van der Waals surface area (Å²) in [6, 6.07) is 17.3. The van der Waals surface area contributed by atoms with E-state index in [-0.39, 0.29) is 38.6 Å². The summed E-state index contributed by atoms with van der Waals surface area (Å²) in [5.74, 6) is 0.0527. The Labute approximate surface area is 165 Å². The molecule has 23 heavy (non-hydrogen) atoms. The van der Waals surface area contributed by atoms with E-state index in [0.717, 1.165) is 24.1 Å². The normalized spacial score (nSPS) is 10.8. The van der Waals surface area contributed by atoms with Gasteiger partial charge >= 0.3 is 0 Å². The second-order valence-electron chi connectivity index (χ2n) is 6.58. The molecule has 0 unspecified atom stereocenters. The maximum atomic E-state index is 12.5. The molecular weight excluding hydrogens is 359 g/mol. The van der Waals surface area contributed by atoms with Gasteiger partial charge in [-0.2, -0.15) is 23.8 Å². The summed E-state index contributed by atoms with van der Waals surface area (Å²) < 4.78 is 0. The third-order valence-corrected chi connectivity index (χ3v) is 4.00. The first-order valence-corrected chi connectivity index (χ1v) is 7.72. The van der Waals surface area contributed by atoms with Crippen molar-refractivity contribution in [3.05, 3.63) is 65.2 Å². The van der Waals surface area contributed by atoms with Gasteiger partial charge in [0.15, 0.2) is 0 Å². The molecule has 2 aromatic carbocycles. The first-order valence-electron chi connectivity index (χ1n) is 7.72. The summed E-state index contributed by atoms with van der Waals surface area (Å²) in [6.07, 6.45) is 1.72. The van der Waals surface area contributed by atoms with Crippen LogP contribution >= 0.6 is 0 Å². The molecular formula is C20H24NOY-. The van der Waals surface area contributed by atoms with Crippen LogP contribution in [0.15, 0.2) is 42.5 Å². The number of rotatable bonds is 5. The number of nitrogens with one attached hydrogen (secondary N) is 1. The van der Waals surface area contributed by atoms with Gasteiger partial charge in [-0.05, 0) is 25.3 Å². The fourth-order valence-electron chi connectivity index (χ4n) is 2.21. The average molecular weight is 383 g/mol. The van der Waals surface area contributed by atoms with E-state index in [1.54, 1.807) is 0 Å². The number of hydrogen-bond donors (Lipinski definition) is 1. The Kier molecular flexibility index (Phi) is 7.63. The van der Waals surface area contributed by atoms with Crippen LogP contribution in [0.2, 0.25) is 0 Å². The number of amides is 1. The first-order chi connectivity index (χ1) is 10.4. The van der Waals surface area contributed by atoms with Crippen LogP contribution in [0.4, 0.5) is 5.69 Å². The van der Waals surface area contributed by atoms with Gasteiger partial charge in [0.25, 0.3) is 0 Å². The van der Waals surface area contributed by atoms with Crippen molar-refractivity contribution in [3.63, 3.8) is 0 Å². The number of carbonyl (C=O) groups is 1. The van der Waals surface area contributed by atoms with Crippen LogP contribution in [0.3, 0.4) is 0 Å². The fraction of sp³-hybridized carbons (Fsp3) is 0.350. The molecule has 0 aliphatic carbocycles. The molecule has 0 saturated heterocycles. The van der Waals surface area contributed by atoms with Crippen molar-refractivity contribution in [1.29, 1.82) is 0 Å². The summed E-state index contributed by atoms with van der Waals surface area (Å²) in [4.78, 5) is 12.5. The van der Waals surface area contributed by atoms with Crippen LogP contribution in [0, 0.1) is 25.3 Å². The quantitative estimate of drug-likeness (QED) is 0.746. The van der Waals surface area contributed by atoms with Crippen molar-refractivity contribution < 1.29 is 37.5 Å². The molecule has 0 atom stereocenters. The molecule has 1 N–H and O–H groups in total. The number of aryl methyl sites for hydroxylation is 3. The number of anilines is 1. The van der Waals surface area contributed by atoms with E-state index in [0.29, 0.717) is 0 Å². The molecule has 0 aliphatic rings. The van der Waals surface area contributed by atoms with Crippen molar-refractivity contribution in [3.8, 4) is 0 Å².